The maximum absolute atomic E-state index is 11.8. The van der Waals surface area contributed by atoms with Crippen molar-refractivity contribution in [3.05, 3.63) is 18.0 Å². The predicted octanol–water partition coefficient (Wildman–Crippen LogP) is 2.08. The molecule has 0 aliphatic carbocycles. The Morgan fingerprint density at radius 1 is 1.48 bits per heavy atom. The fourth-order valence-corrected chi connectivity index (χ4v) is 2.57. The Labute approximate surface area is 125 Å². The molecule has 116 valence electrons. The summed E-state index contributed by atoms with van der Waals surface area (Å²) in [7, 11) is 0. The molecule has 3 N–H and O–H groups in total. The van der Waals surface area contributed by atoms with Crippen LogP contribution in [0.5, 0.6) is 0 Å². The number of rotatable bonds is 2. The Hall–Kier alpha value is -1.98. The van der Waals surface area contributed by atoms with Crippen LogP contribution in [0.2, 0.25) is 0 Å². The zero-order valence-corrected chi connectivity index (χ0v) is 13.1. The Kier molecular flexibility index (Phi) is 4.25. The first-order valence-electron chi connectivity index (χ1n) is 7.21. The van der Waals surface area contributed by atoms with E-state index in [1.54, 1.807) is 12.4 Å². The second-order valence-corrected chi connectivity index (χ2v) is 6.47. The number of nitrogens with one attached hydrogen (secondary N) is 1. The summed E-state index contributed by atoms with van der Waals surface area (Å²) in [5.74, 6) is 0. The van der Waals surface area contributed by atoms with Crippen molar-refractivity contribution < 1.29 is 9.53 Å². The van der Waals surface area contributed by atoms with Crippen LogP contribution in [-0.2, 0) is 4.74 Å². The summed E-state index contributed by atoms with van der Waals surface area (Å²) in [6, 6.07) is 0.0758. The van der Waals surface area contributed by atoms with Gasteiger partial charge in [0.05, 0.1) is 23.6 Å². The minimum absolute atomic E-state index is 0.0758. The van der Waals surface area contributed by atoms with E-state index in [-0.39, 0.29) is 12.1 Å². The minimum Gasteiger partial charge on any atom is -0.444 e. The summed E-state index contributed by atoms with van der Waals surface area (Å²) in [6.45, 7) is 9.15. The molecule has 1 saturated heterocycles. The van der Waals surface area contributed by atoms with Gasteiger partial charge in [0.15, 0.2) is 0 Å². The average Bonchev–Trinajstić information content (AvgIpc) is 2.74. The number of aryl methyl sites for hydroxylation is 1. The van der Waals surface area contributed by atoms with E-state index in [0.717, 1.165) is 30.8 Å². The minimum atomic E-state index is -0.478. The van der Waals surface area contributed by atoms with E-state index in [2.05, 4.69) is 15.2 Å². The Morgan fingerprint density at radius 3 is 2.81 bits per heavy atom. The molecule has 1 aliphatic rings. The van der Waals surface area contributed by atoms with Crippen LogP contribution >= 0.6 is 0 Å². The molecule has 0 saturated carbocycles. The van der Waals surface area contributed by atoms with E-state index >= 15 is 0 Å². The maximum Gasteiger partial charge on any atom is 0.407 e. The lowest BCUT2D eigenvalue weighted by Gasteiger charge is -2.24. The molecule has 0 aromatic carbocycles. The third-order valence-electron chi connectivity index (χ3n) is 3.35. The number of ether oxygens (including phenoxy) is 1. The molecule has 0 radical (unpaired) electrons. The van der Waals surface area contributed by atoms with Gasteiger partial charge in [0, 0.05) is 19.3 Å². The second kappa shape index (κ2) is 5.79. The molecule has 1 aromatic rings. The van der Waals surface area contributed by atoms with E-state index in [4.69, 9.17) is 10.5 Å². The van der Waals surface area contributed by atoms with Gasteiger partial charge in [-0.2, -0.15) is 0 Å². The van der Waals surface area contributed by atoms with Gasteiger partial charge in [0.1, 0.15) is 5.60 Å². The quantitative estimate of drug-likeness (QED) is 0.872. The first-order chi connectivity index (χ1) is 9.76. The topological polar surface area (TPSA) is 80.5 Å². The average molecular weight is 292 g/mol. The van der Waals surface area contributed by atoms with Crippen molar-refractivity contribution in [3.8, 4) is 0 Å². The normalized spacial score (nSPS) is 18.7. The zero-order chi connectivity index (χ0) is 15.6. The summed E-state index contributed by atoms with van der Waals surface area (Å²) in [5.41, 5.74) is 8.27. The molecule has 1 amide bonds. The molecule has 21 heavy (non-hydrogen) atoms. The predicted molar refractivity (Wildman–Crippen MR) is 83.4 cm³/mol. The van der Waals surface area contributed by atoms with Gasteiger partial charge in [0.2, 0.25) is 0 Å². The number of alkyl carbamates (subject to hydrolysis) is 1. The largest absolute Gasteiger partial charge is 0.444 e. The van der Waals surface area contributed by atoms with Crippen LogP contribution in [-0.4, -0.2) is 35.8 Å². The molecule has 1 atom stereocenters. The Bertz CT molecular complexity index is 505. The van der Waals surface area contributed by atoms with Crippen molar-refractivity contribution in [1.82, 2.24) is 10.3 Å². The molecule has 1 unspecified atom stereocenters. The molecule has 0 bridgehead atoms. The van der Waals surface area contributed by atoms with Gasteiger partial charge in [0.25, 0.3) is 0 Å². The van der Waals surface area contributed by atoms with Crippen molar-refractivity contribution in [3.63, 3.8) is 0 Å². The van der Waals surface area contributed by atoms with Crippen LogP contribution in [0.3, 0.4) is 0 Å². The SMILES string of the molecule is Cc1cncc(N)c1N1CCC(NC(=O)OC(C)(C)C)C1. The summed E-state index contributed by atoms with van der Waals surface area (Å²) < 4.78 is 5.28. The molecule has 1 aliphatic heterocycles. The second-order valence-electron chi connectivity index (χ2n) is 6.47. The fourth-order valence-electron chi connectivity index (χ4n) is 2.57. The van der Waals surface area contributed by atoms with Gasteiger partial charge in [-0.15, -0.1) is 0 Å². The molecule has 1 fully saturated rings. The highest BCUT2D eigenvalue weighted by Gasteiger charge is 2.27. The lowest BCUT2D eigenvalue weighted by Crippen LogP contribution is -2.40. The van der Waals surface area contributed by atoms with E-state index in [0.29, 0.717) is 5.69 Å². The number of nitrogens with zero attached hydrogens (tertiary/aromatic N) is 2. The van der Waals surface area contributed by atoms with Crippen LogP contribution < -0.4 is 16.0 Å². The van der Waals surface area contributed by atoms with Gasteiger partial charge >= 0.3 is 6.09 Å². The molecule has 2 heterocycles. The molecule has 1 aromatic heterocycles. The number of amides is 1. The maximum atomic E-state index is 11.8. The number of hydrogen-bond donors (Lipinski definition) is 2. The number of carbonyl (C=O) groups is 1. The lowest BCUT2D eigenvalue weighted by molar-refractivity contribution is 0.0509. The van der Waals surface area contributed by atoms with Crippen molar-refractivity contribution in [2.24, 2.45) is 0 Å². The van der Waals surface area contributed by atoms with Crippen LogP contribution in [0, 0.1) is 6.92 Å². The smallest absolute Gasteiger partial charge is 0.407 e. The number of anilines is 2. The number of aromatic nitrogens is 1. The van der Waals surface area contributed by atoms with Gasteiger partial charge in [-0.3, -0.25) is 4.98 Å². The van der Waals surface area contributed by atoms with Crippen molar-refractivity contribution in [1.29, 1.82) is 0 Å². The Balaban J connectivity index is 1.97. The highest BCUT2D eigenvalue weighted by atomic mass is 16.6. The van der Waals surface area contributed by atoms with E-state index in [1.807, 2.05) is 27.7 Å². The summed E-state index contributed by atoms with van der Waals surface area (Å²) >= 11 is 0. The number of hydrogen-bond acceptors (Lipinski definition) is 5. The number of nitrogens with two attached hydrogens (primary N) is 1. The van der Waals surface area contributed by atoms with Crippen LogP contribution in [0.25, 0.3) is 0 Å². The first-order valence-corrected chi connectivity index (χ1v) is 7.21. The van der Waals surface area contributed by atoms with Crippen molar-refractivity contribution in [2.45, 2.75) is 45.8 Å². The molecular weight excluding hydrogens is 268 g/mol. The molecule has 0 spiro atoms. The number of pyridine rings is 1. The van der Waals surface area contributed by atoms with Gasteiger partial charge < -0.3 is 20.7 Å². The summed E-state index contributed by atoms with van der Waals surface area (Å²) in [6.07, 6.45) is 3.98. The third kappa shape index (κ3) is 4.00. The van der Waals surface area contributed by atoms with Crippen molar-refractivity contribution in [2.75, 3.05) is 23.7 Å². The highest BCUT2D eigenvalue weighted by Crippen LogP contribution is 2.29. The van der Waals surface area contributed by atoms with Gasteiger partial charge in [-0.05, 0) is 39.7 Å². The molecule has 2 rings (SSSR count). The monoisotopic (exact) mass is 292 g/mol. The molecule has 6 nitrogen and oxygen atoms in total. The first kappa shape index (κ1) is 15.4. The number of carbonyl (C=O) groups excluding carboxylic acids is 1. The molecule has 6 heteroatoms. The van der Waals surface area contributed by atoms with Crippen molar-refractivity contribution >= 4 is 17.5 Å². The zero-order valence-electron chi connectivity index (χ0n) is 13.1. The van der Waals surface area contributed by atoms with Gasteiger partial charge in [-0.25, -0.2) is 4.79 Å². The fraction of sp³-hybridized carbons (Fsp3) is 0.600. The summed E-state index contributed by atoms with van der Waals surface area (Å²) in [4.78, 5) is 18.1. The number of nitrogen functional groups attached to an aromatic ring is 1. The van der Waals surface area contributed by atoms with E-state index < -0.39 is 5.60 Å². The highest BCUT2D eigenvalue weighted by molar-refractivity contribution is 5.71. The summed E-state index contributed by atoms with van der Waals surface area (Å²) in [5, 5.41) is 2.91. The third-order valence-corrected chi connectivity index (χ3v) is 3.35. The van der Waals surface area contributed by atoms with Crippen LogP contribution in [0.1, 0.15) is 32.8 Å². The molecular formula is C15H24N4O2. The lowest BCUT2D eigenvalue weighted by atomic mass is 10.2. The van der Waals surface area contributed by atoms with Gasteiger partial charge in [-0.1, -0.05) is 0 Å². The Morgan fingerprint density at radius 2 is 2.19 bits per heavy atom. The standard InChI is InChI=1S/C15H24N4O2/c1-10-7-17-8-12(16)13(10)19-6-5-11(9-19)18-14(20)21-15(2,3)4/h7-8,11H,5-6,9,16H2,1-4H3,(H,18,20). The van der Waals surface area contributed by atoms with Crippen LogP contribution in [0.15, 0.2) is 12.4 Å². The van der Waals surface area contributed by atoms with Crippen LogP contribution in [0.4, 0.5) is 16.2 Å². The van der Waals surface area contributed by atoms with E-state index in [9.17, 15) is 4.79 Å². The van der Waals surface area contributed by atoms with E-state index in [1.165, 1.54) is 0 Å².